The van der Waals surface area contributed by atoms with Gasteiger partial charge in [-0.3, -0.25) is 4.79 Å². The van der Waals surface area contributed by atoms with E-state index in [9.17, 15) is 4.79 Å². The molecule has 1 rings (SSSR count). The van der Waals surface area contributed by atoms with Gasteiger partial charge in [-0.1, -0.05) is 0 Å². The van der Waals surface area contributed by atoms with Crippen LogP contribution in [-0.2, 0) is 0 Å². The first kappa shape index (κ1) is 8.33. The standard InChI is InChI=1S/C7H8BrNO2/c1-9(2)7-6(8)3-5(4-10)11-7/h3-4H,1-2H3. The van der Waals surface area contributed by atoms with Crippen LogP contribution in [0, 0.1) is 0 Å². The molecule has 0 radical (unpaired) electrons. The van der Waals surface area contributed by atoms with Crippen LogP contribution in [-0.4, -0.2) is 20.4 Å². The predicted molar refractivity (Wildman–Crippen MR) is 46.1 cm³/mol. The fourth-order valence-corrected chi connectivity index (χ4v) is 1.40. The second kappa shape index (κ2) is 3.09. The van der Waals surface area contributed by atoms with Gasteiger partial charge in [0.15, 0.2) is 12.0 Å². The normalized spacial score (nSPS) is 9.73. The van der Waals surface area contributed by atoms with E-state index in [-0.39, 0.29) is 0 Å². The van der Waals surface area contributed by atoms with Crippen LogP contribution >= 0.6 is 15.9 Å². The average molecular weight is 218 g/mol. The van der Waals surface area contributed by atoms with Crippen molar-refractivity contribution in [2.45, 2.75) is 0 Å². The molecule has 0 saturated heterocycles. The van der Waals surface area contributed by atoms with Crippen molar-refractivity contribution >= 4 is 28.1 Å². The highest BCUT2D eigenvalue weighted by Crippen LogP contribution is 2.27. The summed E-state index contributed by atoms with van der Waals surface area (Å²) in [4.78, 5) is 12.1. The molecule has 1 aromatic heterocycles. The molecule has 11 heavy (non-hydrogen) atoms. The predicted octanol–water partition coefficient (Wildman–Crippen LogP) is 1.92. The van der Waals surface area contributed by atoms with E-state index in [2.05, 4.69) is 15.9 Å². The van der Waals surface area contributed by atoms with Gasteiger partial charge in [0, 0.05) is 20.2 Å². The van der Waals surface area contributed by atoms with E-state index >= 15 is 0 Å². The lowest BCUT2D eigenvalue weighted by atomic mass is 10.5. The maximum Gasteiger partial charge on any atom is 0.210 e. The number of rotatable bonds is 2. The minimum absolute atomic E-state index is 0.334. The highest BCUT2D eigenvalue weighted by molar-refractivity contribution is 9.10. The van der Waals surface area contributed by atoms with Gasteiger partial charge in [-0.25, -0.2) is 0 Å². The van der Waals surface area contributed by atoms with Gasteiger partial charge in [0.25, 0.3) is 0 Å². The fourth-order valence-electron chi connectivity index (χ4n) is 0.739. The van der Waals surface area contributed by atoms with Crippen molar-refractivity contribution in [3.8, 4) is 0 Å². The van der Waals surface area contributed by atoms with Gasteiger partial charge in [-0.05, 0) is 15.9 Å². The largest absolute Gasteiger partial charge is 0.437 e. The smallest absolute Gasteiger partial charge is 0.210 e. The van der Waals surface area contributed by atoms with Gasteiger partial charge < -0.3 is 9.32 Å². The Balaban J connectivity index is 3.06. The molecule has 3 nitrogen and oxygen atoms in total. The number of nitrogens with zero attached hydrogens (tertiary/aromatic N) is 1. The van der Waals surface area contributed by atoms with Crippen molar-refractivity contribution in [3.63, 3.8) is 0 Å². The minimum Gasteiger partial charge on any atom is -0.437 e. The van der Waals surface area contributed by atoms with Crippen molar-refractivity contribution in [1.29, 1.82) is 0 Å². The SMILES string of the molecule is CN(C)c1oc(C=O)cc1Br. The molecule has 0 aliphatic carbocycles. The van der Waals surface area contributed by atoms with Crippen molar-refractivity contribution in [3.05, 3.63) is 16.3 Å². The summed E-state index contributed by atoms with van der Waals surface area (Å²) in [6, 6.07) is 1.64. The Morgan fingerprint density at radius 2 is 2.27 bits per heavy atom. The highest BCUT2D eigenvalue weighted by atomic mass is 79.9. The molecule has 0 aliphatic heterocycles. The molecule has 0 unspecified atom stereocenters. The first-order chi connectivity index (χ1) is 5.15. The molecular formula is C7H8BrNO2. The molecule has 0 amide bonds. The maximum atomic E-state index is 10.3. The molecule has 4 heteroatoms. The third-order valence-corrected chi connectivity index (χ3v) is 1.78. The summed E-state index contributed by atoms with van der Waals surface area (Å²) in [6.45, 7) is 0. The van der Waals surface area contributed by atoms with Gasteiger partial charge in [0.2, 0.25) is 5.88 Å². The van der Waals surface area contributed by atoms with Crippen molar-refractivity contribution < 1.29 is 9.21 Å². The summed E-state index contributed by atoms with van der Waals surface area (Å²) in [5, 5.41) is 0. The quantitative estimate of drug-likeness (QED) is 0.711. The lowest BCUT2D eigenvalue weighted by Crippen LogP contribution is -2.07. The van der Waals surface area contributed by atoms with Gasteiger partial charge in [0.05, 0.1) is 4.47 Å². The summed E-state index contributed by atoms with van der Waals surface area (Å²) >= 11 is 3.26. The number of carbonyl (C=O) groups is 1. The van der Waals surface area contributed by atoms with Crippen LogP contribution in [0.4, 0.5) is 5.88 Å². The average Bonchev–Trinajstić information content (AvgIpc) is 2.30. The van der Waals surface area contributed by atoms with Crippen LogP contribution in [0.15, 0.2) is 15.0 Å². The fraction of sp³-hybridized carbons (Fsp3) is 0.286. The number of carbonyl (C=O) groups excluding carboxylic acids is 1. The van der Waals surface area contributed by atoms with Gasteiger partial charge in [-0.15, -0.1) is 0 Å². The summed E-state index contributed by atoms with van der Waals surface area (Å²) < 4.78 is 5.93. The second-order valence-corrected chi connectivity index (χ2v) is 3.17. The van der Waals surface area contributed by atoms with E-state index < -0.39 is 0 Å². The summed E-state index contributed by atoms with van der Waals surface area (Å²) in [5.74, 6) is 0.993. The number of hydrogen-bond donors (Lipinski definition) is 0. The zero-order valence-corrected chi connectivity index (χ0v) is 7.88. The molecule has 0 aromatic carbocycles. The summed E-state index contributed by atoms with van der Waals surface area (Å²) in [5.41, 5.74) is 0. The third kappa shape index (κ3) is 1.63. The van der Waals surface area contributed by atoms with Crippen molar-refractivity contribution in [2.75, 3.05) is 19.0 Å². The molecule has 60 valence electrons. The molecule has 0 aliphatic rings. The number of aldehydes is 1. The molecule has 1 aromatic rings. The van der Waals surface area contributed by atoms with Crippen LogP contribution in [0.25, 0.3) is 0 Å². The Morgan fingerprint density at radius 1 is 1.64 bits per heavy atom. The van der Waals surface area contributed by atoms with Crippen LogP contribution in [0.1, 0.15) is 10.6 Å². The van der Waals surface area contributed by atoms with E-state index in [0.717, 1.165) is 4.47 Å². The Bertz CT molecular complexity index is 267. The zero-order valence-electron chi connectivity index (χ0n) is 6.30. The summed E-state index contributed by atoms with van der Waals surface area (Å²) in [6.07, 6.45) is 0.678. The number of halogens is 1. The van der Waals surface area contributed by atoms with Gasteiger partial charge in [-0.2, -0.15) is 0 Å². The number of furan rings is 1. The van der Waals surface area contributed by atoms with E-state index in [1.54, 1.807) is 11.0 Å². The van der Waals surface area contributed by atoms with Crippen LogP contribution in [0.3, 0.4) is 0 Å². The van der Waals surface area contributed by atoms with Crippen molar-refractivity contribution in [2.24, 2.45) is 0 Å². The van der Waals surface area contributed by atoms with E-state index in [4.69, 9.17) is 4.42 Å². The first-order valence-corrected chi connectivity index (χ1v) is 3.86. The molecule has 0 fully saturated rings. The molecule has 1 heterocycles. The molecule has 0 spiro atoms. The molecule has 0 N–H and O–H groups in total. The van der Waals surface area contributed by atoms with Crippen LogP contribution < -0.4 is 4.90 Å². The lowest BCUT2D eigenvalue weighted by molar-refractivity contribution is 0.110. The monoisotopic (exact) mass is 217 g/mol. The minimum atomic E-state index is 0.334. The van der Waals surface area contributed by atoms with Crippen LogP contribution in [0.5, 0.6) is 0 Å². The Hall–Kier alpha value is -0.770. The van der Waals surface area contributed by atoms with Gasteiger partial charge >= 0.3 is 0 Å². The molecule has 0 bridgehead atoms. The Kier molecular flexibility index (Phi) is 2.34. The van der Waals surface area contributed by atoms with E-state index in [1.807, 2.05) is 14.1 Å². The first-order valence-electron chi connectivity index (χ1n) is 3.07. The summed E-state index contributed by atoms with van der Waals surface area (Å²) in [7, 11) is 3.69. The van der Waals surface area contributed by atoms with Gasteiger partial charge in [0.1, 0.15) is 0 Å². The number of hydrogen-bond acceptors (Lipinski definition) is 3. The Labute approximate surface area is 73.1 Å². The molecule has 0 saturated carbocycles. The van der Waals surface area contributed by atoms with Crippen LogP contribution in [0.2, 0.25) is 0 Å². The van der Waals surface area contributed by atoms with Crippen molar-refractivity contribution in [1.82, 2.24) is 0 Å². The Morgan fingerprint density at radius 3 is 2.55 bits per heavy atom. The number of anilines is 1. The van der Waals surface area contributed by atoms with E-state index in [0.29, 0.717) is 17.9 Å². The zero-order chi connectivity index (χ0) is 8.43. The maximum absolute atomic E-state index is 10.3. The topological polar surface area (TPSA) is 33.5 Å². The third-order valence-electron chi connectivity index (χ3n) is 1.21. The lowest BCUT2D eigenvalue weighted by Gasteiger charge is -2.07. The molecular weight excluding hydrogens is 210 g/mol. The highest BCUT2D eigenvalue weighted by Gasteiger charge is 2.08. The second-order valence-electron chi connectivity index (χ2n) is 2.31. The molecule has 0 atom stereocenters. The van der Waals surface area contributed by atoms with E-state index in [1.165, 1.54) is 0 Å².